The zero-order valence-corrected chi connectivity index (χ0v) is 18.4. The largest absolute Gasteiger partial charge is 0.394 e. The van der Waals surface area contributed by atoms with Gasteiger partial charge in [0.05, 0.1) is 6.61 Å². The molecule has 3 N–H and O–H groups in total. The number of aromatic nitrogens is 4. The van der Waals surface area contributed by atoms with Crippen LogP contribution in [0.2, 0.25) is 0 Å². The van der Waals surface area contributed by atoms with E-state index in [4.69, 9.17) is 9.47 Å². The normalized spacial score (nSPS) is 21.8. The number of ether oxygens (including phenoxy) is 2. The standard InChI is InChI=1S/C22H22N4O9/c1-12-9-24(22(33)26(18(12)30)19(31)13-5-3-2-4-6-13)11-34-17-16(29)14(10-27)35-20(17)25-8-7-15(28)23-21(25)32/h2-9,14,16-17,20,27,29H,10-11H2,1H3,(H,23,28,32)/t14-,16-,17-,20-/m1/s1. The highest BCUT2D eigenvalue weighted by atomic mass is 16.6. The molecule has 1 saturated heterocycles. The second-order valence-corrected chi connectivity index (χ2v) is 7.89. The third-order valence-electron chi connectivity index (χ3n) is 5.57. The molecule has 3 aromatic rings. The lowest BCUT2D eigenvalue weighted by molar-refractivity contribution is -0.0942. The lowest BCUT2D eigenvalue weighted by atomic mass is 10.1. The summed E-state index contributed by atoms with van der Waals surface area (Å²) in [6, 6.07) is 8.86. The highest BCUT2D eigenvalue weighted by Crippen LogP contribution is 2.30. The third-order valence-corrected chi connectivity index (χ3v) is 5.57. The van der Waals surface area contributed by atoms with Crippen LogP contribution in [0.25, 0.3) is 0 Å². The predicted octanol–water partition coefficient (Wildman–Crippen LogP) is -1.85. The molecule has 0 radical (unpaired) electrons. The molecule has 2 aromatic heterocycles. The number of aliphatic hydroxyl groups is 2. The molecule has 13 heteroatoms. The SMILES string of the molecule is Cc1cn(CO[C@@H]2[C@H](O)[C@@H](CO)O[C@H]2n2ccc(=O)[nH]c2=O)c(=O)n(C(=O)c2ccccc2)c1=O. The number of carbonyl (C=O) groups is 1. The maximum Gasteiger partial charge on any atom is 0.340 e. The van der Waals surface area contributed by atoms with Crippen molar-refractivity contribution in [2.45, 2.75) is 38.2 Å². The number of nitrogens with zero attached hydrogens (tertiary/aromatic N) is 3. The third kappa shape index (κ3) is 4.57. The van der Waals surface area contributed by atoms with Gasteiger partial charge < -0.3 is 19.7 Å². The van der Waals surface area contributed by atoms with Gasteiger partial charge in [-0.3, -0.25) is 28.5 Å². The average Bonchev–Trinajstić information content (AvgIpc) is 3.16. The number of H-pyrrole nitrogens is 1. The van der Waals surface area contributed by atoms with Gasteiger partial charge in [0.1, 0.15) is 25.0 Å². The Labute approximate surface area is 196 Å². The quantitative estimate of drug-likeness (QED) is 0.361. The number of aliphatic hydroxyl groups excluding tert-OH is 2. The molecule has 4 rings (SSSR count). The molecule has 0 amide bonds. The Balaban J connectivity index is 1.67. The first kappa shape index (κ1) is 24.2. The van der Waals surface area contributed by atoms with Gasteiger partial charge in [-0.15, -0.1) is 0 Å². The van der Waals surface area contributed by atoms with Crippen LogP contribution in [0.5, 0.6) is 0 Å². The number of carbonyl (C=O) groups excluding carboxylic acids is 1. The Morgan fingerprint density at radius 1 is 1.14 bits per heavy atom. The first-order chi connectivity index (χ1) is 16.7. The molecule has 0 saturated carbocycles. The monoisotopic (exact) mass is 486 g/mol. The second-order valence-electron chi connectivity index (χ2n) is 7.89. The Morgan fingerprint density at radius 3 is 2.51 bits per heavy atom. The predicted molar refractivity (Wildman–Crippen MR) is 119 cm³/mol. The Bertz CT molecular complexity index is 1470. The minimum Gasteiger partial charge on any atom is -0.394 e. The molecule has 0 aliphatic carbocycles. The fraction of sp³-hybridized carbons (Fsp3) is 0.318. The lowest BCUT2D eigenvalue weighted by Gasteiger charge is -2.22. The van der Waals surface area contributed by atoms with E-state index in [1.165, 1.54) is 25.3 Å². The summed E-state index contributed by atoms with van der Waals surface area (Å²) >= 11 is 0. The van der Waals surface area contributed by atoms with Gasteiger partial charge in [0, 0.05) is 29.6 Å². The van der Waals surface area contributed by atoms with E-state index in [9.17, 15) is 34.2 Å². The van der Waals surface area contributed by atoms with Crippen LogP contribution in [0.1, 0.15) is 22.1 Å². The summed E-state index contributed by atoms with van der Waals surface area (Å²) < 4.78 is 13.7. The number of hydrogen-bond acceptors (Lipinski definition) is 9. The Hall–Kier alpha value is -3.91. The van der Waals surface area contributed by atoms with Crippen molar-refractivity contribution in [3.8, 4) is 0 Å². The maximum absolute atomic E-state index is 13.0. The molecular weight excluding hydrogens is 464 g/mol. The number of hydrogen-bond donors (Lipinski definition) is 3. The first-order valence-electron chi connectivity index (χ1n) is 10.5. The van der Waals surface area contributed by atoms with Crippen molar-refractivity contribution in [2.24, 2.45) is 0 Å². The van der Waals surface area contributed by atoms with Crippen LogP contribution in [-0.2, 0) is 16.2 Å². The highest BCUT2D eigenvalue weighted by Gasteiger charge is 2.45. The summed E-state index contributed by atoms with van der Waals surface area (Å²) in [5, 5.41) is 20.1. The summed E-state index contributed by atoms with van der Waals surface area (Å²) in [5.41, 5.74) is -3.03. The molecule has 1 aromatic carbocycles. The second kappa shape index (κ2) is 9.76. The van der Waals surface area contributed by atoms with Gasteiger partial charge in [-0.05, 0) is 19.1 Å². The van der Waals surface area contributed by atoms with Crippen molar-refractivity contribution >= 4 is 5.91 Å². The lowest BCUT2D eigenvalue weighted by Crippen LogP contribution is -2.46. The molecular formula is C22H22N4O9. The van der Waals surface area contributed by atoms with Gasteiger partial charge in [0.2, 0.25) is 0 Å². The average molecular weight is 486 g/mol. The summed E-state index contributed by atoms with van der Waals surface area (Å²) in [7, 11) is 0. The van der Waals surface area contributed by atoms with Crippen molar-refractivity contribution in [1.29, 1.82) is 0 Å². The molecule has 0 unspecified atom stereocenters. The van der Waals surface area contributed by atoms with E-state index in [1.54, 1.807) is 18.2 Å². The number of aryl methyl sites for hydroxylation is 1. The summed E-state index contributed by atoms with van der Waals surface area (Å²) in [6.45, 7) is 0.302. The van der Waals surface area contributed by atoms with E-state index in [2.05, 4.69) is 4.98 Å². The van der Waals surface area contributed by atoms with E-state index in [-0.39, 0.29) is 11.1 Å². The van der Waals surface area contributed by atoms with E-state index >= 15 is 0 Å². The molecule has 184 valence electrons. The van der Waals surface area contributed by atoms with Gasteiger partial charge >= 0.3 is 11.4 Å². The van der Waals surface area contributed by atoms with Crippen molar-refractivity contribution < 1.29 is 24.5 Å². The molecule has 0 spiro atoms. The van der Waals surface area contributed by atoms with Gasteiger partial charge in [-0.1, -0.05) is 18.2 Å². The zero-order valence-electron chi connectivity index (χ0n) is 18.4. The number of rotatable bonds is 6. The zero-order chi connectivity index (χ0) is 25.3. The molecule has 1 fully saturated rings. The summed E-state index contributed by atoms with van der Waals surface area (Å²) in [4.78, 5) is 64.1. The number of nitrogens with one attached hydrogen (secondary N) is 1. The van der Waals surface area contributed by atoms with E-state index in [0.29, 0.717) is 4.57 Å². The minimum atomic E-state index is -1.41. The molecule has 35 heavy (non-hydrogen) atoms. The molecule has 1 aliphatic heterocycles. The highest BCUT2D eigenvalue weighted by molar-refractivity contribution is 5.95. The number of aromatic amines is 1. The van der Waals surface area contributed by atoms with Crippen molar-refractivity contribution in [1.82, 2.24) is 18.7 Å². The van der Waals surface area contributed by atoms with Gasteiger partial charge in [0.25, 0.3) is 17.0 Å². The fourth-order valence-corrected chi connectivity index (χ4v) is 3.78. The van der Waals surface area contributed by atoms with Crippen LogP contribution in [0.3, 0.4) is 0 Å². The van der Waals surface area contributed by atoms with E-state index < -0.39 is 66.3 Å². The van der Waals surface area contributed by atoms with Crippen LogP contribution in [0.4, 0.5) is 0 Å². The van der Waals surface area contributed by atoms with Crippen molar-refractivity contribution in [3.63, 3.8) is 0 Å². The van der Waals surface area contributed by atoms with Crippen LogP contribution < -0.4 is 22.5 Å². The molecule has 3 heterocycles. The Kier molecular flexibility index (Phi) is 6.75. The van der Waals surface area contributed by atoms with Crippen LogP contribution in [0, 0.1) is 6.92 Å². The smallest absolute Gasteiger partial charge is 0.340 e. The topological polar surface area (TPSA) is 175 Å². The van der Waals surface area contributed by atoms with Gasteiger partial charge in [-0.25, -0.2) is 9.59 Å². The number of benzene rings is 1. The van der Waals surface area contributed by atoms with Crippen LogP contribution in [-0.4, -0.2) is 59.7 Å². The van der Waals surface area contributed by atoms with Crippen molar-refractivity contribution in [3.05, 3.63) is 102 Å². The maximum atomic E-state index is 13.0. The molecule has 13 nitrogen and oxygen atoms in total. The summed E-state index contributed by atoms with van der Waals surface area (Å²) in [5.74, 6) is -0.819. The van der Waals surface area contributed by atoms with E-state index in [1.807, 2.05) is 0 Å². The first-order valence-corrected chi connectivity index (χ1v) is 10.5. The summed E-state index contributed by atoms with van der Waals surface area (Å²) in [6.07, 6.45) is -2.68. The van der Waals surface area contributed by atoms with Gasteiger partial charge in [-0.2, -0.15) is 4.57 Å². The van der Waals surface area contributed by atoms with Crippen molar-refractivity contribution in [2.75, 3.05) is 6.61 Å². The van der Waals surface area contributed by atoms with Crippen LogP contribution >= 0.6 is 0 Å². The molecule has 0 bridgehead atoms. The van der Waals surface area contributed by atoms with Crippen LogP contribution in [0.15, 0.2) is 68.0 Å². The van der Waals surface area contributed by atoms with Gasteiger partial charge in [0.15, 0.2) is 6.23 Å². The molecule has 4 atom stereocenters. The minimum absolute atomic E-state index is 0.0855. The van der Waals surface area contributed by atoms with E-state index in [0.717, 1.165) is 21.4 Å². The fourth-order valence-electron chi connectivity index (χ4n) is 3.78. The molecule has 1 aliphatic rings. The Morgan fingerprint density at radius 2 is 1.86 bits per heavy atom.